The molecule has 0 radical (unpaired) electrons. The molecule has 3 heterocycles. The predicted octanol–water partition coefficient (Wildman–Crippen LogP) is 3.33. The van der Waals surface area contributed by atoms with Crippen molar-refractivity contribution in [3.63, 3.8) is 0 Å². The second-order valence-electron chi connectivity index (χ2n) is 8.03. The minimum Gasteiger partial charge on any atom is -0.341 e. The zero-order valence-corrected chi connectivity index (χ0v) is 16.7. The topological polar surface area (TPSA) is 58.4 Å². The van der Waals surface area contributed by atoms with E-state index in [0.717, 1.165) is 35.1 Å². The zero-order valence-electron chi connectivity index (χ0n) is 16.7. The summed E-state index contributed by atoms with van der Waals surface area (Å²) in [7, 11) is 2.01. The molecule has 1 fully saturated rings. The molecule has 1 saturated heterocycles. The van der Waals surface area contributed by atoms with Gasteiger partial charge < -0.3 is 9.47 Å². The summed E-state index contributed by atoms with van der Waals surface area (Å²) in [4.78, 5) is 34.4. The number of benzene rings is 2. The van der Waals surface area contributed by atoms with E-state index in [9.17, 15) is 9.59 Å². The van der Waals surface area contributed by atoms with E-state index < -0.39 is 6.04 Å². The lowest BCUT2D eigenvalue weighted by Crippen LogP contribution is -2.50. The lowest BCUT2D eigenvalue weighted by Gasteiger charge is -2.35. The number of carbonyl (C=O) groups excluding carboxylic acids is 2. The molecule has 0 saturated carbocycles. The van der Waals surface area contributed by atoms with Crippen LogP contribution in [0.4, 0.5) is 5.69 Å². The maximum absolute atomic E-state index is 13.3. The first kappa shape index (κ1) is 17.9. The van der Waals surface area contributed by atoms with Crippen molar-refractivity contribution in [2.75, 3.05) is 18.0 Å². The second-order valence-corrected chi connectivity index (χ2v) is 8.03. The Kier molecular flexibility index (Phi) is 4.15. The summed E-state index contributed by atoms with van der Waals surface area (Å²) >= 11 is 0. The zero-order chi connectivity index (χ0) is 20.1. The minimum absolute atomic E-state index is 0.0152. The van der Waals surface area contributed by atoms with Crippen molar-refractivity contribution in [3.8, 4) is 0 Å². The molecule has 0 bridgehead atoms. The Hall–Kier alpha value is -3.15. The highest BCUT2D eigenvalue weighted by atomic mass is 16.2. The van der Waals surface area contributed by atoms with Crippen LogP contribution in [-0.4, -0.2) is 45.4 Å². The molecule has 1 aromatic heterocycles. The monoisotopic (exact) mass is 388 g/mol. The van der Waals surface area contributed by atoms with Crippen LogP contribution in [0.1, 0.15) is 41.9 Å². The lowest BCUT2D eigenvalue weighted by molar-refractivity contribution is -0.133. The van der Waals surface area contributed by atoms with Crippen molar-refractivity contribution in [3.05, 3.63) is 60.2 Å². The first-order valence-corrected chi connectivity index (χ1v) is 10.2. The third-order valence-corrected chi connectivity index (χ3v) is 6.37. The second kappa shape index (κ2) is 6.72. The SMILES string of the molecule is CC(C(=O)N1CCC(c2nccn2C)CC1)N1C(=O)c2cccc3cccc1c23. The summed E-state index contributed by atoms with van der Waals surface area (Å²) in [6.07, 6.45) is 5.58. The van der Waals surface area contributed by atoms with Crippen LogP contribution in [0.15, 0.2) is 48.8 Å². The highest BCUT2D eigenvalue weighted by molar-refractivity contribution is 6.26. The summed E-state index contributed by atoms with van der Waals surface area (Å²) in [6, 6.07) is 11.1. The molecule has 1 atom stereocenters. The number of hydrogen-bond donors (Lipinski definition) is 0. The standard InChI is InChI=1S/C23H24N4O2/c1-15(22(28)26-12-9-17(10-13-26)21-24-11-14-25(21)2)27-19-8-4-6-16-5-3-7-18(20(16)19)23(27)29/h3-8,11,14-15,17H,9-10,12-13H2,1-2H3. The maximum Gasteiger partial charge on any atom is 0.259 e. The number of hydrogen-bond acceptors (Lipinski definition) is 3. The van der Waals surface area contributed by atoms with Gasteiger partial charge in [0.15, 0.2) is 0 Å². The third-order valence-electron chi connectivity index (χ3n) is 6.37. The number of carbonyl (C=O) groups is 2. The van der Waals surface area contributed by atoms with Crippen LogP contribution >= 0.6 is 0 Å². The van der Waals surface area contributed by atoms with Crippen molar-refractivity contribution in [2.45, 2.75) is 31.7 Å². The van der Waals surface area contributed by atoms with Gasteiger partial charge in [-0.25, -0.2) is 4.98 Å². The van der Waals surface area contributed by atoms with Gasteiger partial charge in [-0.3, -0.25) is 14.5 Å². The van der Waals surface area contributed by atoms with Gasteiger partial charge in [0.25, 0.3) is 5.91 Å². The van der Waals surface area contributed by atoms with Gasteiger partial charge in [0.1, 0.15) is 11.9 Å². The van der Waals surface area contributed by atoms with Crippen molar-refractivity contribution in [1.82, 2.24) is 14.5 Å². The number of likely N-dealkylation sites (tertiary alicyclic amines) is 1. The Labute approximate surface area is 169 Å². The van der Waals surface area contributed by atoms with Crippen molar-refractivity contribution in [2.24, 2.45) is 7.05 Å². The van der Waals surface area contributed by atoms with Gasteiger partial charge in [-0.2, -0.15) is 0 Å². The molecule has 2 aromatic carbocycles. The summed E-state index contributed by atoms with van der Waals surface area (Å²) in [5, 5.41) is 1.99. The van der Waals surface area contributed by atoms with Gasteiger partial charge in [0.05, 0.1) is 5.69 Å². The van der Waals surface area contributed by atoms with E-state index in [1.54, 1.807) is 4.90 Å². The molecular weight excluding hydrogens is 364 g/mol. The predicted molar refractivity (Wildman–Crippen MR) is 112 cm³/mol. The number of aryl methyl sites for hydroxylation is 1. The highest BCUT2D eigenvalue weighted by Crippen LogP contribution is 2.38. The number of imidazole rings is 1. The molecule has 0 spiro atoms. The van der Waals surface area contributed by atoms with Crippen molar-refractivity contribution < 1.29 is 9.59 Å². The van der Waals surface area contributed by atoms with Gasteiger partial charge in [0, 0.05) is 49.4 Å². The van der Waals surface area contributed by atoms with Gasteiger partial charge >= 0.3 is 0 Å². The normalized spacial score (nSPS) is 17.9. The van der Waals surface area contributed by atoms with Crippen molar-refractivity contribution in [1.29, 1.82) is 0 Å². The Balaban J connectivity index is 1.35. The fourth-order valence-electron chi connectivity index (χ4n) is 4.83. The van der Waals surface area contributed by atoms with Crippen molar-refractivity contribution >= 4 is 28.3 Å². The summed E-state index contributed by atoms with van der Waals surface area (Å²) < 4.78 is 2.06. The van der Waals surface area contributed by atoms with Crippen LogP contribution in [0.5, 0.6) is 0 Å². The third kappa shape index (κ3) is 2.74. The first-order valence-electron chi connectivity index (χ1n) is 10.2. The number of rotatable bonds is 3. The molecule has 2 aliphatic rings. The summed E-state index contributed by atoms with van der Waals surface area (Å²) in [6.45, 7) is 3.23. The van der Waals surface area contributed by atoms with Crippen LogP contribution in [-0.2, 0) is 11.8 Å². The Bertz CT molecular complexity index is 1110. The molecule has 6 heteroatoms. The number of nitrogens with zero attached hydrogens (tertiary/aromatic N) is 4. The Morgan fingerprint density at radius 2 is 1.86 bits per heavy atom. The highest BCUT2D eigenvalue weighted by Gasteiger charge is 2.38. The molecular formula is C23H24N4O2. The van der Waals surface area contributed by atoms with Crippen LogP contribution in [0, 0.1) is 0 Å². The van der Waals surface area contributed by atoms with Gasteiger partial charge in [0.2, 0.25) is 5.91 Å². The molecule has 148 valence electrons. The molecule has 0 aliphatic carbocycles. The van der Waals surface area contributed by atoms with Gasteiger partial charge in [-0.05, 0) is 37.3 Å². The average Bonchev–Trinajstić information content (AvgIpc) is 3.30. The molecule has 6 nitrogen and oxygen atoms in total. The van der Waals surface area contributed by atoms with E-state index in [1.165, 1.54) is 0 Å². The molecule has 0 N–H and O–H groups in total. The van der Waals surface area contributed by atoms with E-state index in [-0.39, 0.29) is 11.8 Å². The maximum atomic E-state index is 13.3. The lowest BCUT2D eigenvalue weighted by atomic mass is 9.95. The smallest absolute Gasteiger partial charge is 0.259 e. The van der Waals surface area contributed by atoms with E-state index in [4.69, 9.17) is 0 Å². The van der Waals surface area contributed by atoms with Crippen LogP contribution < -0.4 is 4.90 Å². The van der Waals surface area contributed by atoms with E-state index >= 15 is 0 Å². The summed E-state index contributed by atoms with van der Waals surface area (Å²) in [5.74, 6) is 1.39. The van der Waals surface area contributed by atoms with Crippen LogP contribution in [0.25, 0.3) is 10.8 Å². The fraction of sp³-hybridized carbons (Fsp3) is 0.348. The summed E-state index contributed by atoms with van der Waals surface area (Å²) in [5.41, 5.74) is 1.53. The van der Waals surface area contributed by atoms with E-state index in [0.29, 0.717) is 24.6 Å². The molecule has 2 amide bonds. The van der Waals surface area contributed by atoms with Gasteiger partial charge in [-0.1, -0.05) is 24.3 Å². The Morgan fingerprint density at radius 1 is 1.14 bits per heavy atom. The largest absolute Gasteiger partial charge is 0.341 e. The first-order chi connectivity index (χ1) is 14.1. The number of anilines is 1. The Morgan fingerprint density at radius 3 is 2.55 bits per heavy atom. The molecule has 3 aromatic rings. The van der Waals surface area contributed by atoms with Gasteiger partial charge in [-0.15, -0.1) is 0 Å². The quantitative estimate of drug-likeness (QED) is 0.692. The fourth-order valence-corrected chi connectivity index (χ4v) is 4.83. The van der Waals surface area contributed by atoms with E-state index in [2.05, 4.69) is 9.55 Å². The minimum atomic E-state index is -0.523. The molecule has 29 heavy (non-hydrogen) atoms. The number of piperidine rings is 1. The van der Waals surface area contributed by atoms with Crippen LogP contribution in [0.3, 0.4) is 0 Å². The number of aromatic nitrogens is 2. The van der Waals surface area contributed by atoms with Crippen LogP contribution in [0.2, 0.25) is 0 Å². The molecule has 2 aliphatic heterocycles. The average molecular weight is 388 g/mol. The molecule has 5 rings (SSSR count). The molecule has 1 unspecified atom stereocenters. The number of amides is 2. The van der Waals surface area contributed by atoms with E-state index in [1.807, 2.05) is 67.7 Å².